The van der Waals surface area contributed by atoms with Crippen molar-refractivity contribution in [1.82, 2.24) is 10.3 Å². The lowest BCUT2D eigenvalue weighted by Crippen LogP contribution is -2.36. The maximum atomic E-state index is 10.7. The summed E-state index contributed by atoms with van der Waals surface area (Å²) in [5.74, 6) is -0.322. The minimum Gasteiger partial charge on any atom is -0.478 e. The molecule has 0 amide bonds. The summed E-state index contributed by atoms with van der Waals surface area (Å²) in [5, 5.41) is 26.7. The Balaban J connectivity index is 0.00000220. The number of nitrogens with zero attached hydrogens (tertiary/aromatic N) is 3. The second-order valence-electron chi connectivity index (χ2n) is 4.15. The normalized spacial score (nSPS) is 13.5. The lowest BCUT2D eigenvalue weighted by molar-refractivity contribution is 0.0697. The number of rotatable bonds is 5. The molecule has 0 fully saturated rings. The van der Waals surface area contributed by atoms with Gasteiger partial charge in [-0.15, -0.1) is 24.0 Å². The van der Waals surface area contributed by atoms with Crippen LogP contribution in [0.1, 0.15) is 15.9 Å². The number of aromatic carboxylic acids is 1. The van der Waals surface area contributed by atoms with E-state index in [1.165, 1.54) is 12.1 Å². The molecule has 1 heterocycles. The maximum absolute atomic E-state index is 10.7. The number of aliphatic hydroxyl groups is 1. The number of halogens is 1. The molecule has 8 heteroatoms. The van der Waals surface area contributed by atoms with E-state index in [0.717, 1.165) is 12.1 Å². The van der Waals surface area contributed by atoms with Gasteiger partial charge in [0.15, 0.2) is 0 Å². The van der Waals surface area contributed by atoms with Crippen LogP contribution in [0, 0.1) is 0 Å². The van der Waals surface area contributed by atoms with Crippen molar-refractivity contribution in [3.8, 4) is 0 Å². The zero-order valence-electron chi connectivity index (χ0n) is 11.3. The van der Waals surface area contributed by atoms with E-state index >= 15 is 0 Å². The Morgan fingerprint density at radius 2 is 2.14 bits per heavy atom. The van der Waals surface area contributed by atoms with E-state index in [1.807, 2.05) is 0 Å². The smallest absolute Gasteiger partial charge is 0.335 e. The molecule has 7 nitrogen and oxygen atoms in total. The Bertz CT molecular complexity index is 531. The number of aliphatic imine (C=N–C) groups is 1. The highest BCUT2D eigenvalue weighted by atomic mass is 127. The molecule has 0 spiro atoms. The van der Waals surface area contributed by atoms with E-state index in [2.05, 4.69) is 15.4 Å². The maximum Gasteiger partial charge on any atom is 0.335 e. The number of hydrogen-bond acceptors (Lipinski definition) is 6. The van der Waals surface area contributed by atoms with Gasteiger partial charge in [0.25, 0.3) is 0 Å². The standard InChI is InChI=1S/C13H16N4O3.HI/c18-8-7-17(13-14-5-6-15-13)16-9-10-1-3-11(4-2-10)12(19)20;/h1-4,9,18H,5-8H2,(H,14,15)(H,19,20);1H/b16-9-;. The number of hydrazone groups is 1. The Labute approximate surface area is 139 Å². The first-order chi connectivity index (χ1) is 9.70. The summed E-state index contributed by atoms with van der Waals surface area (Å²) < 4.78 is 0. The van der Waals surface area contributed by atoms with Gasteiger partial charge in [-0.1, -0.05) is 12.1 Å². The molecule has 1 aromatic carbocycles. The molecule has 114 valence electrons. The SMILES string of the molecule is I.O=C(O)c1ccc(/C=N\N(CCO)C2=NCCN2)cc1. The van der Waals surface area contributed by atoms with Crippen molar-refractivity contribution < 1.29 is 15.0 Å². The average molecular weight is 404 g/mol. The van der Waals surface area contributed by atoms with Gasteiger partial charge in [-0.05, 0) is 17.7 Å². The molecule has 0 aliphatic carbocycles. The van der Waals surface area contributed by atoms with Crippen LogP contribution in [-0.4, -0.2) is 59.6 Å². The summed E-state index contributed by atoms with van der Waals surface area (Å²) in [4.78, 5) is 15.0. The zero-order valence-corrected chi connectivity index (χ0v) is 13.6. The molecule has 21 heavy (non-hydrogen) atoms. The molecule has 2 rings (SSSR count). The number of carbonyl (C=O) groups is 1. The highest BCUT2D eigenvalue weighted by molar-refractivity contribution is 14.0. The third-order valence-electron chi connectivity index (χ3n) is 2.72. The molecule has 0 bridgehead atoms. The largest absolute Gasteiger partial charge is 0.478 e. The van der Waals surface area contributed by atoms with Crippen LogP contribution in [-0.2, 0) is 0 Å². The summed E-state index contributed by atoms with van der Waals surface area (Å²) >= 11 is 0. The number of guanidine groups is 1. The molecule has 1 aliphatic heterocycles. The van der Waals surface area contributed by atoms with Crippen LogP contribution in [0.3, 0.4) is 0 Å². The van der Waals surface area contributed by atoms with Gasteiger partial charge in [0.2, 0.25) is 5.96 Å². The second kappa shape index (κ2) is 8.57. The molecule has 0 radical (unpaired) electrons. The summed E-state index contributed by atoms with van der Waals surface area (Å²) in [6.07, 6.45) is 1.60. The molecular formula is C13H17IN4O3. The number of carboxylic acids is 1. The third kappa shape index (κ3) is 4.97. The highest BCUT2D eigenvalue weighted by Gasteiger charge is 2.12. The molecule has 1 aliphatic rings. The Kier molecular flexibility index (Phi) is 7.09. The van der Waals surface area contributed by atoms with E-state index < -0.39 is 5.97 Å². The number of aliphatic hydroxyl groups excluding tert-OH is 1. The average Bonchev–Trinajstić information content (AvgIpc) is 2.98. The van der Waals surface area contributed by atoms with Crippen molar-refractivity contribution in [3.05, 3.63) is 35.4 Å². The fraction of sp³-hybridized carbons (Fsp3) is 0.308. The molecule has 0 aromatic heterocycles. The first-order valence-electron chi connectivity index (χ1n) is 6.25. The second-order valence-corrected chi connectivity index (χ2v) is 4.15. The number of nitrogens with one attached hydrogen (secondary N) is 1. The van der Waals surface area contributed by atoms with Gasteiger partial charge in [0, 0.05) is 6.54 Å². The van der Waals surface area contributed by atoms with Crippen molar-refractivity contribution in [2.45, 2.75) is 0 Å². The predicted molar refractivity (Wildman–Crippen MR) is 90.5 cm³/mol. The van der Waals surface area contributed by atoms with Crippen LogP contribution in [0.15, 0.2) is 34.4 Å². The molecule has 0 unspecified atom stereocenters. The van der Waals surface area contributed by atoms with Gasteiger partial charge in [-0.2, -0.15) is 5.10 Å². The molecule has 0 atom stereocenters. The van der Waals surface area contributed by atoms with Gasteiger partial charge < -0.3 is 15.5 Å². The van der Waals surface area contributed by atoms with Crippen LogP contribution < -0.4 is 5.32 Å². The van der Waals surface area contributed by atoms with Crippen LogP contribution in [0.4, 0.5) is 0 Å². The molecule has 0 saturated carbocycles. The summed E-state index contributed by atoms with van der Waals surface area (Å²) in [6, 6.07) is 6.39. The first-order valence-corrected chi connectivity index (χ1v) is 6.25. The van der Waals surface area contributed by atoms with Crippen molar-refractivity contribution in [1.29, 1.82) is 0 Å². The van der Waals surface area contributed by atoms with E-state index in [0.29, 0.717) is 19.0 Å². The number of benzene rings is 1. The highest BCUT2D eigenvalue weighted by Crippen LogP contribution is 2.03. The number of hydrogen-bond donors (Lipinski definition) is 3. The minimum absolute atomic E-state index is 0. The van der Waals surface area contributed by atoms with Crippen LogP contribution in [0.5, 0.6) is 0 Å². The van der Waals surface area contributed by atoms with Crippen LogP contribution in [0.2, 0.25) is 0 Å². The Morgan fingerprint density at radius 3 is 2.67 bits per heavy atom. The number of carboxylic acid groups (broad SMARTS) is 1. The first kappa shape index (κ1) is 17.4. The quantitative estimate of drug-likeness (QED) is 0.379. The van der Waals surface area contributed by atoms with Gasteiger partial charge in [0.05, 0.1) is 31.5 Å². The van der Waals surface area contributed by atoms with E-state index in [9.17, 15) is 4.79 Å². The Morgan fingerprint density at radius 1 is 1.43 bits per heavy atom. The van der Waals surface area contributed by atoms with E-state index in [4.69, 9.17) is 10.2 Å². The molecule has 0 saturated heterocycles. The van der Waals surface area contributed by atoms with Gasteiger partial charge in [0.1, 0.15) is 0 Å². The van der Waals surface area contributed by atoms with Crippen LogP contribution >= 0.6 is 24.0 Å². The lowest BCUT2D eigenvalue weighted by Gasteiger charge is -2.17. The predicted octanol–water partition coefficient (Wildman–Crippen LogP) is 0.590. The fourth-order valence-corrected chi connectivity index (χ4v) is 1.72. The topological polar surface area (TPSA) is 97.5 Å². The van der Waals surface area contributed by atoms with Gasteiger partial charge >= 0.3 is 5.97 Å². The van der Waals surface area contributed by atoms with Crippen molar-refractivity contribution in [3.63, 3.8) is 0 Å². The Hall–Kier alpha value is -1.68. The van der Waals surface area contributed by atoms with E-state index in [-0.39, 0.29) is 36.1 Å². The van der Waals surface area contributed by atoms with Gasteiger partial charge in [-0.25, -0.2) is 14.8 Å². The van der Waals surface area contributed by atoms with E-state index in [1.54, 1.807) is 23.4 Å². The summed E-state index contributed by atoms with van der Waals surface area (Å²) in [7, 11) is 0. The van der Waals surface area contributed by atoms with Crippen LogP contribution in [0.25, 0.3) is 0 Å². The summed E-state index contributed by atoms with van der Waals surface area (Å²) in [6.45, 7) is 1.77. The summed E-state index contributed by atoms with van der Waals surface area (Å²) in [5.41, 5.74) is 1.01. The van der Waals surface area contributed by atoms with Crippen molar-refractivity contribution in [2.75, 3.05) is 26.2 Å². The monoisotopic (exact) mass is 404 g/mol. The zero-order chi connectivity index (χ0) is 14.4. The fourth-order valence-electron chi connectivity index (χ4n) is 1.72. The molecule has 1 aromatic rings. The van der Waals surface area contributed by atoms with Crippen molar-refractivity contribution in [2.24, 2.45) is 10.1 Å². The lowest BCUT2D eigenvalue weighted by atomic mass is 10.1. The molecular weight excluding hydrogens is 387 g/mol. The third-order valence-corrected chi connectivity index (χ3v) is 2.72. The minimum atomic E-state index is -0.958. The van der Waals surface area contributed by atoms with Gasteiger partial charge in [-0.3, -0.25) is 0 Å². The van der Waals surface area contributed by atoms with Crippen molar-refractivity contribution >= 4 is 42.1 Å². The molecule has 3 N–H and O–H groups in total.